The van der Waals surface area contributed by atoms with Crippen molar-refractivity contribution in [3.05, 3.63) is 10.0 Å². The van der Waals surface area contributed by atoms with Crippen molar-refractivity contribution in [2.75, 3.05) is 13.1 Å². The largest absolute Gasteiger partial charge is 0.311 e. The van der Waals surface area contributed by atoms with E-state index in [9.17, 15) is 8.42 Å². The quantitative estimate of drug-likeness (QED) is 0.750. The number of aliphatic imine (C=N–C) groups is 1. The lowest BCUT2D eigenvalue weighted by Crippen LogP contribution is -2.26. The van der Waals surface area contributed by atoms with Gasteiger partial charge in [-0.25, -0.2) is 13.4 Å². The lowest BCUT2D eigenvalue weighted by molar-refractivity contribution is 0.614. The first-order valence-corrected chi connectivity index (χ1v) is 5.81. The van der Waals surface area contributed by atoms with Crippen LogP contribution in [0, 0.1) is 0 Å². The predicted molar refractivity (Wildman–Crippen MR) is 51.9 cm³/mol. The molecule has 0 saturated carbocycles. The zero-order valence-corrected chi connectivity index (χ0v) is 8.94. The third kappa shape index (κ3) is 2.15. The molecule has 1 aliphatic rings. The van der Waals surface area contributed by atoms with Crippen LogP contribution in [0.3, 0.4) is 0 Å². The topological polar surface area (TPSA) is 58.5 Å². The fraction of sp³-hybridized carbons (Fsp3) is 0.500. The van der Waals surface area contributed by atoms with Gasteiger partial charge in [0.1, 0.15) is 4.61 Å². The fourth-order valence-electron chi connectivity index (χ4n) is 0.777. The molecule has 1 heterocycles. The molecule has 0 radical (unpaired) electrons. The number of nitrogens with zero attached hydrogens (tertiary/aromatic N) is 1. The normalized spacial score (nSPS) is 20.5. The van der Waals surface area contributed by atoms with Crippen molar-refractivity contribution in [2.45, 2.75) is 6.92 Å². The molecule has 0 aliphatic carbocycles. The lowest BCUT2D eigenvalue weighted by atomic mass is 10.6. The van der Waals surface area contributed by atoms with Gasteiger partial charge in [-0.3, -0.25) is 0 Å². The minimum atomic E-state index is -3.23. The zero-order valence-electron chi connectivity index (χ0n) is 6.54. The van der Waals surface area contributed by atoms with Gasteiger partial charge in [-0.15, -0.1) is 0 Å². The number of sulfone groups is 1. The molecule has 4 nitrogen and oxygen atoms in total. The molecule has 0 bridgehead atoms. The van der Waals surface area contributed by atoms with Crippen molar-refractivity contribution in [3.63, 3.8) is 0 Å². The Morgan fingerprint density at radius 2 is 2.33 bits per heavy atom. The number of halogens is 1. The number of hydrogen-bond donors (Lipinski definition) is 1. The first-order chi connectivity index (χ1) is 5.56. The standard InChI is InChI=1S/C6H9BrN2O2S/c1-2-8-3-6-9-5(7)4-12(6,10)11/h4,8H,2-3H2,1H3. The second-order valence-electron chi connectivity index (χ2n) is 2.27. The van der Waals surface area contributed by atoms with Crippen molar-refractivity contribution in [2.24, 2.45) is 4.99 Å². The van der Waals surface area contributed by atoms with Crippen LogP contribution < -0.4 is 5.32 Å². The van der Waals surface area contributed by atoms with Gasteiger partial charge in [0.05, 0.1) is 5.41 Å². The molecule has 0 unspecified atom stereocenters. The molecule has 6 heteroatoms. The maximum absolute atomic E-state index is 11.2. The molecule has 68 valence electrons. The van der Waals surface area contributed by atoms with E-state index in [0.717, 1.165) is 12.0 Å². The van der Waals surface area contributed by atoms with E-state index in [1.54, 1.807) is 0 Å². The Bertz CT molecular complexity index is 331. The van der Waals surface area contributed by atoms with Crippen LogP contribution in [-0.4, -0.2) is 26.6 Å². The van der Waals surface area contributed by atoms with E-state index in [-0.39, 0.29) is 5.04 Å². The van der Waals surface area contributed by atoms with Gasteiger partial charge in [-0.05, 0) is 22.5 Å². The molecule has 0 aromatic rings. The maximum Gasteiger partial charge on any atom is 0.217 e. The average molecular weight is 253 g/mol. The zero-order chi connectivity index (χ0) is 9.19. The first-order valence-electron chi connectivity index (χ1n) is 3.47. The van der Waals surface area contributed by atoms with Gasteiger partial charge in [-0.1, -0.05) is 6.92 Å². The van der Waals surface area contributed by atoms with E-state index in [4.69, 9.17) is 0 Å². The summed E-state index contributed by atoms with van der Waals surface area (Å²) in [7, 11) is -3.23. The van der Waals surface area contributed by atoms with Gasteiger partial charge < -0.3 is 5.32 Å². The van der Waals surface area contributed by atoms with E-state index in [0.29, 0.717) is 11.2 Å². The molecule has 1 aliphatic heterocycles. The molecule has 0 aromatic carbocycles. The van der Waals surface area contributed by atoms with Crippen molar-refractivity contribution in [1.82, 2.24) is 5.32 Å². The molecule has 0 amide bonds. The summed E-state index contributed by atoms with van der Waals surface area (Å²) in [4.78, 5) is 3.82. The van der Waals surface area contributed by atoms with Crippen LogP contribution in [0.5, 0.6) is 0 Å². The summed E-state index contributed by atoms with van der Waals surface area (Å²) >= 11 is 3.01. The molecule has 0 fully saturated rings. The molecule has 0 atom stereocenters. The molecule has 0 saturated heterocycles. The minimum absolute atomic E-state index is 0.177. The second-order valence-corrected chi connectivity index (χ2v) is 4.88. The van der Waals surface area contributed by atoms with E-state index in [1.807, 2.05) is 6.92 Å². The number of hydrogen-bond acceptors (Lipinski definition) is 4. The summed E-state index contributed by atoms with van der Waals surface area (Å²) in [6.45, 7) is 2.93. The van der Waals surface area contributed by atoms with Crippen molar-refractivity contribution in [3.8, 4) is 0 Å². The van der Waals surface area contributed by atoms with Gasteiger partial charge >= 0.3 is 0 Å². The van der Waals surface area contributed by atoms with Crippen LogP contribution >= 0.6 is 15.9 Å². The van der Waals surface area contributed by atoms with Gasteiger partial charge in [0.25, 0.3) is 0 Å². The summed E-state index contributed by atoms with van der Waals surface area (Å²) in [6.07, 6.45) is 0. The Morgan fingerprint density at radius 1 is 1.67 bits per heavy atom. The highest BCUT2D eigenvalue weighted by Crippen LogP contribution is 2.18. The molecular weight excluding hydrogens is 244 g/mol. The number of nitrogens with one attached hydrogen (secondary N) is 1. The number of rotatable bonds is 3. The summed E-state index contributed by atoms with van der Waals surface area (Å²) in [5, 5.41) is 4.19. The molecule has 12 heavy (non-hydrogen) atoms. The smallest absolute Gasteiger partial charge is 0.217 e. The minimum Gasteiger partial charge on any atom is -0.311 e. The van der Waals surface area contributed by atoms with Crippen molar-refractivity contribution >= 4 is 30.8 Å². The summed E-state index contributed by atoms with van der Waals surface area (Å²) in [5.74, 6) is 0. The highest BCUT2D eigenvalue weighted by Gasteiger charge is 2.22. The highest BCUT2D eigenvalue weighted by atomic mass is 79.9. The molecular formula is C6H9BrN2O2S. The molecule has 1 rings (SSSR count). The van der Waals surface area contributed by atoms with Crippen molar-refractivity contribution in [1.29, 1.82) is 0 Å². The van der Waals surface area contributed by atoms with Gasteiger partial charge in [0.15, 0.2) is 5.04 Å². The van der Waals surface area contributed by atoms with Crippen LogP contribution in [-0.2, 0) is 9.84 Å². The second kappa shape index (κ2) is 3.68. The van der Waals surface area contributed by atoms with E-state index < -0.39 is 9.84 Å². The third-order valence-corrected chi connectivity index (χ3v) is 3.47. The van der Waals surface area contributed by atoms with E-state index >= 15 is 0 Å². The highest BCUT2D eigenvalue weighted by molar-refractivity contribution is 9.11. The maximum atomic E-state index is 11.2. The summed E-state index contributed by atoms with van der Waals surface area (Å²) < 4.78 is 22.8. The van der Waals surface area contributed by atoms with Crippen LogP contribution in [0.4, 0.5) is 0 Å². The Kier molecular flexibility index (Phi) is 3.03. The van der Waals surface area contributed by atoms with Gasteiger partial charge in [-0.2, -0.15) is 0 Å². The average Bonchev–Trinajstić information content (AvgIpc) is 2.20. The predicted octanol–water partition coefficient (Wildman–Crippen LogP) is 0.617. The third-order valence-electron chi connectivity index (χ3n) is 1.34. The lowest BCUT2D eigenvalue weighted by Gasteiger charge is -1.99. The van der Waals surface area contributed by atoms with Gasteiger partial charge in [0.2, 0.25) is 9.84 Å². The Morgan fingerprint density at radius 3 is 2.75 bits per heavy atom. The summed E-state index contributed by atoms with van der Waals surface area (Å²) in [6, 6.07) is 0. The van der Waals surface area contributed by atoms with Crippen LogP contribution in [0.2, 0.25) is 0 Å². The van der Waals surface area contributed by atoms with Crippen LogP contribution in [0.15, 0.2) is 15.0 Å². The van der Waals surface area contributed by atoms with Crippen molar-refractivity contribution < 1.29 is 8.42 Å². The van der Waals surface area contributed by atoms with Crippen LogP contribution in [0.25, 0.3) is 0 Å². The SMILES string of the molecule is CCNCC1=NC(Br)=CS1(=O)=O. The van der Waals surface area contributed by atoms with Gasteiger partial charge in [0, 0.05) is 6.54 Å². The molecule has 0 aromatic heterocycles. The monoisotopic (exact) mass is 252 g/mol. The Hall–Kier alpha value is -0.200. The van der Waals surface area contributed by atoms with E-state index in [1.165, 1.54) is 0 Å². The molecule has 0 spiro atoms. The van der Waals surface area contributed by atoms with Crippen LogP contribution in [0.1, 0.15) is 6.92 Å². The first kappa shape index (κ1) is 9.88. The summed E-state index contributed by atoms with van der Waals surface area (Å²) in [5.41, 5.74) is 0. The van der Waals surface area contributed by atoms with E-state index in [2.05, 4.69) is 26.2 Å². The Balaban J connectivity index is 2.76. The Labute approximate surface area is 79.8 Å². The molecule has 1 N–H and O–H groups in total. The fourth-order valence-corrected chi connectivity index (χ4v) is 2.82.